The largest absolute Gasteiger partial charge is 0.456 e. The van der Waals surface area contributed by atoms with Gasteiger partial charge in [0.2, 0.25) is 5.91 Å². The molecule has 0 saturated carbocycles. The topological polar surface area (TPSA) is 46.6 Å². The zero-order valence-corrected chi connectivity index (χ0v) is 13.7. The third kappa shape index (κ3) is 2.61. The van der Waals surface area contributed by atoms with Crippen LogP contribution in [0.3, 0.4) is 0 Å². The Hall–Kier alpha value is -2.95. The van der Waals surface area contributed by atoms with E-state index in [2.05, 4.69) is 0 Å². The summed E-state index contributed by atoms with van der Waals surface area (Å²) < 4.78 is 18.4. The molecule has 4 nitrogen and oxygen atoms in total. The van der Waals surface area contributed by atoms with E-state index in [-0.39, 0.29) is 24.8 Å². The highest BCUT2D eigenvalue weighted by molar-refractivity contribution is 6.06. The van der Waals surface area contributed by atoms with Crippen molar-refractivity contribution in [3.05, 3.63) is 76.7 Å². The smallest absolute Gasteiger partial charge is 0.336 e. The SMILES string of the molecule is Cc1ccc(N2C(=O)CC(c3ccc(F)cc3)C3=C2COC3=O)cc1. The predicted molar refractivity (Wildman–Crippen MR) is 90.4 cm³/mol. The first-order valence-corrected chi connectivity index (χ1v) is 8.10. The number of benzene rings is 2. The maximum absolute atomic E-state index is 13.2. The number of esters is 1. The lowest BCUT2D eigenvalue weighted by Crippen LogP contribution is -2.37. The lowest BCUT2D eigenvalue weighted by molar-refractivity contribution is -0.136. The molecule has 0 bridgehead atoms. The molecule has 126 valence electrons. The number of aryl methyl sites for hydroxylation is 1. The van der Waals surface area contributed by atoms with Crippen LogP contribution in [0, 0.1) is 12.7 Å². The molecule has 0 N–H and O–H groups in total. The number of cyclic esters (lactones) is 1. The molecule has 0 spiro atoms. The molecular weight excluding hydrogens is 321 g/mol. The van der Waals surface area contributed by atoms with Crippen molar-refractivity contribution in [3.63, 3.8) is 0 Å². The van der Waals surface area contributed by atoms with Gasteiger partial charge in [-0.25, -0.2) is 9.18 Å². The van der Waals surface area contributed by atoms with E-state index >= 15 is 0 Å². The Balaban J connectivity index is 1.81. The maximum Gasteiger partial charge on any atom is 0.336 e. The lowest BCUT2D eigenvalue weighted by atomic mass is 9.84. The number of ether oxygens (including phenoxy) is 1. The van der Waals surface area contributed by atoms with E-state index in [1.165, 1.54) is 12.1 Å². The summed E-state index contributed by atoms with van der Waals surface area (Å²) in [5.74, 6) is -1.26. The summed E-state index contributed by atoms with van der Waals surface area (Å²) in [5.41, 5.74) is 3.63. The van der Waals surface area contributed by atoms with Crippen LogP contribution in [-0.2, 0) is 14.3 Å². The van der Waals surface area contributed by atoms with E-state index in [1.54, 1.807) is 17.0 Å². The molecular formula is C20H16FNO3. The summed E-state index contributed by atoms with van der Waals surface area (Å²) >= 11 is 0. The molecule has 1 atom stereocenters. The van der Waals surface area contributed by atoms with Crippen molar-refractivity contribution in [2.45, 2.75) is 19.3 Å². The van der Waals surface area contributed by atoms with Gasteiger partial charge in [-0.15, -0.1) is 0 Å². The minimum atomic E-state index is -0.408. The Morgan fingerprint density at radius 3 is 2.40 bits per heavy atom. The van der Waals surface area contributed by atoms with Crippen molar-refractivity contribution >= 4 is 17.6 Å². The number of carbonyl (C=O) groups excluding carboxylic acids is 2. The first-order valence-electron chi connectivity index (χ1n) is 8.10. The molecule has 0 aromatic heterocycles. The van der Waals surface area contributed by atoms with Gasteiger partial charge in [-0.1, -0.05) is 29.8 Å². The molecule has 0 fully saturated rings. The van der Waals surface area contributed by atoms with Crippen LogP contribution in [0.25, 0.3) is 0 Å². The molecule has 0 aliphatic carbocycles. The number of anilines is 1. The molecule has 2 aliphatic rings. The minimum Gasteiger partial charge on any atom is -0.456 e. The third-order valence-corrected chi connectivity index (χ3v) is 4.68. The van der Waals surface area contributed by atoms with Crippen molar-refractivity contribution < 1.29 is 18.7 Å². The number of rotatable bonds is 2. The Bertz CT molecular complexity index is 884. The normalized spacial score (nSPS) is 19.9. The van der Waals surface area contributed by atoms with Crippen LogP contribution in [0.4, 0.5) is 10.1 Å². The highest BCUT2D eigenvalue weighted by atomic mass is 19.1. The van der Waals surface area contributed by atoms with Crippen LogP contribution < -0.4 is 4.90 Å². The van der Waals surface area contributed by atoms with Gasteiger partial charge in [-0.3, -0.25) is 9.69 Å². The van der Waals surface area contributed by atoms with Gasteiger partial charge < -0.3 is 4.74 Å². The molecule has 2 aromatic carbocycles. The number of hydrogen-bond donors (Lipinski definition) is 0. The van der Waals surface area contributed by atoms with E-state index in [0.29, 0.717) is 11.3 Å². The monoisotopic (exact) mass is 337 g/mol. The van der Waals surface area contributed by atoms with E-state index in [9.17, 15) is 14.0 Å². The average Bonchev–Trinajstić information content (AvgIpc) is 2.98. The number of nitrogens with zero attached hydrogens (tertiary/aromatic N) is 1. The summed E-state index contributed by atoms with van der Waals surface area (Å²) in [5, 5.41) is 0. The van der Waals surface area contributed by atoms with Gasteiger partial charge in [0.25, 0.3) is 0 Å². The van der Waals surface area contributed by atoms with E-state index in [4.69, 9.17) is 4.74 Å². The molecule has 1 amide bonds. The molecule has 2 aliphatic heterocycles. The second kappa shape index (κ2) is 5.84. The standard InChI is InChI=1S/C20H16FNO3/c1-12-2-8-15(9-3-12)22-17-11-25-20(24)19(17)16(10-18(22)23)13-4-6-14(21)7-5-13/h2-9,16H,10-11H2,1H3. The fraction of sp³-hybridized carbons (Fsp3) is 0.200. The van der Waals surface area contributed by atoms with Gasteiger partial charge in [0.1, 0.15) is 12.4 Å². The Kier molecular flexibility index (Phi) is 3.64. The maximum atomic E-state index is 13.2. The summed E-state index contributed by atoms with van der Waals surface area (Å²) in [6.45, 7) is 2.05. The molecule has 0 radical (unpaired) electrons. The second-order valence-electron chi connectivity index (χ2n) is 6.31. The second-order valence-corrected chi connectivity index (χ2v) is 6.31. The molecule has 2 heterocycles. The fourth-order valence-electron chi connectivity index (χ4n) is 3.43. The van der Waals surface area contributed by atoms with Crippen LogP contribution in [0.5, 0.6) is 0 Å². The van der Waals surface area contributed by atoms with Crippen molar-refractivity contribution in [1.82, 2.24) is 0 Å². The summed E-state index contributed by atoms with van der Waals surface area (Å²) in [6, 6.07) is 13.5. The van der Waals surface area contributed by atoms with Gasteiger partial charge in [0.15, 0.2) is 0 Å². The van der Waals surface area contributed by atoms with E-state index in [1.807, 2.05) is 31.2 Å². The summed E-state index contributed by atoms with van der Waals surface area (Å²) in [4.78, 5) is 26.7. The van der Waals surface area contributed by atoms with E-state index < -0.39 is 11.9 Å². The Morgan fingerprint density at radius 2 is 1.72 bits per heavy atom. The number of carbonyl (C=O) groups is 2. The molecule has 25 heavy (non-hydrogen) atoms. The van der Waals surface area contributed by atoms with Crippen LogP contribution in [-0.4, -0.2) is 18.5 Å². The minimum absolute atomic E-state index is 0.0749. The zero-order chi connectivity index (χ0) is 17.6. The van der Waals surface area contributed by atoms with Gasteiger partial charge in [-0.2, -0.15) is 0 Å². The predicted octanol–water partition coefficient (Wildman–Crippen LogP) is 3.47. The molecule has 2 aromatic rings. The van der Waals surface area contributed by atoms with Gasteiger partial charge in [-0.05, 0) is 36.8 Å². The summed E-state index contributed by atoms with van der Waals surface area (Å²) in [7, 11) is 0. The van der Waals surface area contributed by atoms with Crippen molar-refractivity contribution in [1.29, 1.82) is 0 Å². The average molecular weight is 337 g/mol. The van der Waals surface area contributed by atoms with E-state index in [0.717, 1.165) is 16.8 Å². The van der Waals surface area contributed by atoms with Gasteiger partial charge >= 0.3 is 5.97 Å². The van der Waals surface area contributed by atoms with Crippen LogP contribution in [0.1, 0.15) is 23.5 Å². The quantitative estimate of drug-likeness (QED) is 0.789. The third-order valence-electron chi connectivity index (χ3n) is 4.68. The van der Waals surface area contributed by atoms with Crippen molar-refractivity contribution in [2.75, 3.05) is 11.5 Å². The number of halogens is 1. The number of amides is 1. The van der Waals surface area contributed by atoms with Gasteiger partial charge in [0.05, 0.1) is 11.3 Å². The highest BCUT2D eigenvalue weighted by Gasteiger charge is 2.42. The Labute approximate surface area is 144 Å². The van der Waals surface area contributed by atoms with Crippen molar-refractivity contribution in [2.24, 2.45) is 0 Å². The molecule has 5 heteroatoms. The van der Waals surface area contributed by atoms with Crippen molar-refractivity contribution in [3.8, 4) is 0 Å². The fourth-order valence-corrected chi connectivity index (χ4v) is 3.43. The first-order chi connectivity index (χ1) is 12.0. The van der Waals surface area contributed by atoms with Crippen LogP contribution in [0.2, 0.25) is 0 Å². The summed E-state index contributed by atoms with van der Waals surface area (Å²) in [6.07, 6.45) is 0.146. The lowest BCUT2D eigenvalue weighted by Gasteiger charge is -2.31. The molecule has 4 rings (SSSR count). The first kappa shape index (κ1) is 15.6. The number of hydrogen-bond acceptors (Lipinski definition) is 3. The highest BCUT2D eigenvalue weighted by Crippen LogP contribution is 2.41. The zero-order valence-electron chi connectivity index (χ0n) is 13.7. The van der Waals surface area contributed by atoms with Crippen LogP contribution >= 0.6 is 0 Å². The van der Waals surface area contributed by atoms with Gasteiger partial charge in [0, 0.05) is 18.0 Å². The van der Waals surface area contributed by atoms with Crippen LogP contribution in [0.15, 0.2) is 59.8 Å². The Morgan fingerprint density at radius 1 is 1.04 bits per heavy atom. The molecule has 0 saturated heterocycles. The molecule has 1 unspecified atom stereocenters.